The average molecular weight is 407 g/mol. The molecule has 0 spiro atoms. The molecule has 0 radical (unpaired) electrons. The largest absolute Gasteiger partial charge is 0.351 e. The van der Waals surface area contributed by atoms with E-state index in [1.807, 2.05) is 12.1 Å². The zero-order chi connectivity index (χ0) is 16.5. The van der Waals surface area contributed by atoms with Gasteiger partial charge in [-0.3, -0.25) is 4.79 Å². The topological polar surface area (TPSA) is 32.3 Å². The van der Waals surface area contributed by atoms with Crippen molar-refractivity contribution in [3.63, 3.8) is 0 Å². The molecule has 2 atom stereocenters. The summed E-state index contributed by atoms with van der Waals surface area (Å²) in [7, 11) is 0. The molecule has 0 saturated carbocycles. The third-order valence-corrected chi connectivity index (χ3v) is 7.06. The highest BCUT2D eigenvalue weighted by Crippen LogP contribution is 2.31. The first kappa shape index (κ1) is 16.6. The Balaban J connectivity index is 1.41. The van der Waals surface area contributed by atoms with Gasteiger partial charge in [0.15, 0.2) is 0 Å². The Morgan fingerprint density at radius 3 is 3.00 bits per heavy atom. The number of hydrogen-bond acceptors (Lipinski definition) is 3. The van der Waals surface area contributed by atoms with E-state index in [2.05, 4.69) is 38.3 Å². The molecule has 2 aromatic rings. The molecule has 2 aliphatic rings. The molecule has 24 heavy (non-hydrogen) atoms. The van der Waals surface area contributed by atoms with E-state index < -0.39 is 0 Å². The molecule has 0 aliphatic carbocycles. The number of rotatable bonds is 3. The highest BCUT2D eigenvalue weighted by molar-refractivity contribution is 9.10. The lowest BCUT2D eigenvalue weighted by Gasteiger charge is -2.44. The van der Waals surface area contributed by atoms with Gasteiger partial charge in [0.05, 0.1) is 4.88 Å². The second-order valence-corrected chi connectivity index (χ2v) is 9.00. The first-order chi connectivity index (χ1) is 11.7. The molecule has 3 nitrogen and oxygen atoms in total. The second-order valence-electron chi connectivity index (χ2n) is 7.00. The van der Waals surface area contributed by atoms with Crippen LogP contribution in [-0.2, 0) is 0 Å². The lowest BCUT2D eigenvalue weighted by Crippen LogP contribution is -2.50. The van der Waals surface area contributed by atoms with Crippen LogP contribution < -0.4 is 5.32 Å². The number of thiophene rings is 1. The van der Waals surface area contributed by atoms with Crippen molar-refractivity contribution < 1.29 is 4.79 Å². The summed E-state index contributed by atoms with van der Waals surface area (Å²) in [6, 6.07) is 8.87. The predicted octanol–water partition coefficient (Wildman–Crippen LogP) is 4.66. The molecule has 4 rings (SSSR count). The maximum absolute atomic E-state index is 12.6. The van der Waals surface area contributed by atoms with E-state index in [0.29, 0.717) is 12.0 Å². The summed E-state index contributed by atoms with van der Waals surface area (Å²) in [4.78, 5) is 16.0. The summed E-state index contributed by atoms with van der Waals surface area (Å²) in [5.41, 5.74) is 0. The van der Waals surface area contributed by atoms with Crippen molar-refractivity contribution >= 4 is 43.3 Å². The predicted molar refractivity (Wildman–Crippen MR) is 104 cm³/mol. The van der Waals surface area contributed by atoms with E-state index in [9.17, 15) is 4.79 Å². The van der Waals surface area contributed by atoms with Crippen LogP contribution in [0.25, 0.3) is 10.1 Å². The average Bonchev–Trinajstić information content (AvgIpc) is 3.03. The molecule has 0 unspecified atom stereocenters. The first-order valence-corrected chi connectivity index (χ1v) is 10.5. The van der Waals surface area contributed by atoms with E-state index in [0.717, 1.165) is 21.3 Å². The maximum Gasteiger partial charge on any atom is 0.261 e. The lowest BCUT2D eigenvalue weighted by atomic mass is 9.83. The summed E-state index contributed by atoms with van der Waals surface area (Å²) in [6.07, 6.45) is 6.51. The SMILES string of the molecule is O=C(NC[C@@H]1CCCN2CCCC[C@@H]12)c1cc2cc(Br)ccc2s1. The molecule has 1 N–H and O–H groups in total. The molecular weight excluding hydrogens is 384 g/mol. The highest BCUT2D eigenvalue weighted by atomic mass is 79.9. The van der Waals surface area contributed by atoms with Crippen molar-refractivity contribution in [3.05, 3.63) is 33.6 Å². The molecule has 2 saturated heterocycles. The Kier molecular flexibility index (Phi) is 4.93. The number of hydrogen-bond donors (Lipinski definition) is 1. The van der Waals surface area contributed by atoms with Gasteiger partial charge in [-0.15, -0.1) is 11.3 Å². The maximum atomic E-state index is 12.6. The lowest BCUT2D eigenvalue weighted by molar-refractivity contribution is 0.0576. The van der Waals surface area contributed by atoms with E-state index in [4.69, 9.17) is 0 Å². The van der Waals surface area contributed by atoms with Gasteiger partial charge < -0.3 is 10.2 Å². The molecule has 2 aliphatic heterocycles. The number of halogens is 1. The molecule has 2 fully saturated rings. The Morgan fingerprint density at radius 2 is 2.08 bits per heavy atom. The van der Waals surface area contributed by atoms with Gasteiger partial charge in [0.2, 0.25) is 0 Å². The van der Waals surface area contributed by atoms with Gasteiger partial charge in [0.25, 0.3) is 5.91 Å². The Labute approximate surface area is 155 Å². The second kappa shape index (κ2) is 7.14. The Hall–Kier alpha value is -0.910. The van der Waals surface area contributed by atoms with Crippen molar-refractivity contribution in [2.24, 2.45) is 5.92 Å². The summed E-state index contributed by atoms with van der Waals surface area (Å²) >= 11 is 5.07. The molecule has 3 heterocycles. The number of nitrogens with one attached hydrogen (secondary N) is 1. The van der Waals surface area contributed by atoms with Gasteiger partial charge >= 0.3 is 0 Å². The third kappa shape index (κ3) is 3.39. The molecular formula is C19H23BrN2OS. The summed E-state index contributed by atoms with van der Waals surface area (Å²) < 4.78 is 2.22. The molecule has 1 aromatic carbocycles. The molecule has 128 valence electrons. The summed E-state index contributed by atoms with van der Waals surface area (Å²) in [5, 5.41) is 4.35. The minimum Gasteiger partial charge on any atom is -0.351 e. The van der Waals surface area contributed by atoms with Crippen LogP contribution in [0.4, 0.5) is 0 Å². The molecule has 1 amide bonds. The number of fused-ring (bicyclic) bond motifs is 2. The normalized spacial score (nSPS) is 24.7. The van der Waals surface area contributed by atoms with Crippen molar-refractivity contribution in [3.8, 4) is 0 Å². The van der Waals surface area contributed by atoms with Crippen LogP contribution in [-0.4, -0.2) is 36.5 Å². The third-order valence-electron chi connectivity index (χ3n) is 5.46. The van der Waals surface area contributed by atoms with E-state index in [1.165, 1.54) is 49.9 Å². The zero-order valence-corrected chi connectivity index (χ0v) is 16.2. The number of carbonyl (C=O) groups is 1. The van der Waals surface area contributed by atoms with Crippen molar-refractivity contribution in [2.45, 2.75) is 38.1 Å². The summed E-state index contributed by atoms with van der Waals surface area (Å²) in [5.74, 6) is 0.701. The van der Waals surface area contributed by atoms with Gasteiger partial charge in [0, 0.05) is 21.8 Å². The van der Waals surface area contributed by atoms with Gasteiger partial charge in [-0.25, -0.2) is 0 Å². The minimum atomic E-state index is 0.0836. The fourth-order valence-corrected chi connectivity index (χ4v) is 5.59. The Morgan fingerprint density at radius 1 is 1.21 bits per heavy atom. The van der Waals surface area contributed by atoms with Crippen LogP contribution in [0.15, 0.2) is 28.7 Å². The number of carbonyl (C=O) groups excluding carboxylic acids is 1. The summed E-state index contributed by atoms with van der Waals surface area (Å²) in [6.45, 7) is 3.32. The van der Waals surface area contributed by atoms with Crippen LogP contribution in [0.1, 0.15) is 41.8 Å². The molecule has 1 aromatic heterocycles. The van der Waals surface area contributed by atoms with Gasteiger partial charge in [-0.05, 0) is 74.3 Å². The van der Waals surface area contributed by atoms with Crippen LogP contribution >= 0.6 is 27.3 Å². The number of piperidine rings is 2. The zero-order valence-electron chi connectivity index (χ0n) is 13.8. The molecule has 0 bridgehead atoms. The van der Waals surface area contributed by atoms with E-state index >= 15 is 0 Å². The van der Waals surface area contributed by atoms with Gasteiger partial charge in [-0.1, -0.05) is 22.4 Å². The van der Waals surface area contributed by atoms with E-state index in [1.54, 1.807) is 11.3 Å². The number of amides is 1. The van der Waals surface area contributed by atoms with Crippen molar-refractivity contribution in [1.29, 1.82) is 0 Å². The smallest absolute Gasteiger partial charge is 0.261 e. The monoisotopic (exact) mass is 406 g/mol. The highest BCUT2D eigenvalue weighted by Gasteiger charge is 2.33. The van der Waals surface area contributed by atoms with Gasteiger partial charge in [0.1, 0.15) is 0 Å². The van der Waals surface area contributed by atoms with Crippen molar-refractivity contribution in [2.75, 3.05) is 19.6 Å². The van der Waals surface area contributed by atoms with Crippen LogP contribution in [0.3, 0.4) is 0 Å². The fraction of sp³-hybridized carbons (Fsp3) is 0.526. The standard InChI is InChI=1S/C19H23BrN2OS/c20-15-6-7-17-14(10-15)11-18(24-17)19(23)21-12-13-4-3-9-22-8-2-1-5-16(13)22/h6-7,10-11,13,16H,1-5,8-9,12H2,(H,21,23)/t13-,16-/m0/s1. The first-order valence-electron chi connectivity index (χ1n) is 8.92. The van der Waals surface area contributed by atoms with Crippen molar-refractivity contribution in [1.82, 2.24) is 10.2 Å². The number of nitrogens with zero attached hydrogens (tertiary/aromatic N) is 1. The van der Waals surface area contributed by atoms with E-state index in [-0.39, 0.29) is 5.91 Å². The van der Waals surface area contributed by atoms with Gasteiger partial charge in [-0.2, -0.15) is 0 Å². The fourth-order valence-electron chi connectivity index (χ4n) is 4.25. The minimum absolute atomic E-state index is 0.0836. The van der Waals surface area contributed by atoms with Crippen LogP contribution in [0.5, 0.6) is 0 Å². The molecule has 5 heteroatoms. The van der Waals surface area contributed by atoms with Crippen LogP contribution in [0, 0.1) is 5.92 Å². The van der Waals surface area contributed by atoms with Crippen LogP contribution in [0.2, 0.25) is 0 Å². The number of benzene rings is 1. The quantitative estimate of drug-likeness (QED) is 0.803. The Bertz CT molecular complexity index is 742.